The van der Waals surface area contributed by atoms with Crippen LogP contribution in [0.4, 0.5) is 4.39 Å². The van der Waals surface area contributed by atoms with E-state index in [1.54, 1.807) is 0 Å². The van der Waals surface area contributed by atoms with Gasteiger partial charge >= 0.3 is 0 Å². The summed E-state index contributed by atoms with van der Waals surface area (Å²) >= 11 is 3.30. The number of nitrogens with one attached hydrogen (secondary N) is 1. The van der Waals surface area contributed by atoms with Crippen LogP contribution in [0.15, 0.2) is 46.9 Å². The zero-order valence-corrected chi connectivity index (χ0v) is 13.4. The third kappa shape index (κ3) is 4.27. The smallest absolute Gasteiger partial charge is 0.124 e. The second-order valence-corrected chi connectivity index (χ2v) is 5.59. The van der Waals surface area contributed by atoms with Gasteiger partial charge in [0.15, 0.2) is 0 Å². The molecule has 0 radical (unpaired) electrons. The van der Waals surface area contributed by atoms with E-state index in [4.69, 9.17) is 10.6 Å². The number of para-hydroxylation sites is 1. The molecule has 0 amide bonds. The lowest BCUT2D eigenvalue weighted by molar-refractivity contribution is 0.331. The van der Waals surface area contributed by atoms with Gasteiger partial charge in [-0.25, -0.2) is 4.39 Å². The van der Waals surface area contributed by atoms with E-state index in [2.05, 4.69) is 21.4 Å². The van der Waals surface area contributed by atoms with Gasteiger partial charge in [0.1, 0.15) is 11.6 Å². The maximum absolute atomic E-state index is 13.5. The normalized spacial score (nSPS) is 12.2. The number of benzene rings is 2. The number of hydrogen-bond acceptors (Lipinski definition) is 3. The molecule has 2 aromatic rings. The second kappa shape index (κ2) is 7.54. The molecular formula is C16H18BrFN2O. The standard InChI is InChI=1S/C16H18BrFN2O/c1-2-21-16-6-4-3-5-14(16)15(20-19)9-11-7-12(17)10-13(18)8-11/h3-8,10,15,20H,2,9,19H2,1H3. The van der Waals surface area contributed by atoms with Gasteiger partial charge < -0.3 is 4.74 Å². The minimum Gasteiger partial charge on any atom is -0.494 e. The zero-order valence-electron chi connectivity index (χ0n) is 11.8. The van der Waals surface area contributed by atoms with Crippen molar-refractivity contribution >= 4 is 15.9 Å². The van der Waals surface area contributed by atoms with Gasteiger partial charge in [-0.1, -0.05) is 34.1 Å². The first-order valence-corrected chi connectivity index (χ1v) is 7.56. The van der Waals surface area contributed by atoms with Crippen LogP contribution in [0, 0.1) is 5.82 Å². The Bertz CT molecular complexity index is 586. The molecule has 5 heteroatoms. The first kappa shape index (κ1) is 15.9. The quantitative estimate of drug-likeness (QED) is 0.615. The van der Waals surface area contributed by atoms with Crippen molar-refractivity contribution in [3.8, 4) is 5.75 Å². The van der Waals surface area contributed by atoms with Gasteiger partial charge in [-0.15, -0.1) is 0 Å². The minimum absolute atomic E-state index is 0.151. The third-order valence-corrected chi connectivity index (χ3v) is 3.62. The molecule has 0 saturated heterocycles. The first-order chi connectivity index (χ1) is 10.1. The van der Waals surface area contributed by atoms with Crippen molar-refractivity contribution in [3.05, 3.63) is 63.9 Å². The Morgan fingerprint density at radius 3 is 2.71 bits per heavy atom. The van der Waals surface area contributed by atoms with E-state index >= 15 is 0 Å². The highest BCUT2D eigenvalue weighted by molar-refractivity contribution is 9.10. The highest BCUT2D eigenvalue weighted by Crippen LogP contribution is 2.28. The molecule has 0 aliphatic rings. The fourth-order valence-electron chi connectivity index (χ4n) is 2.28. The Balaban J connectivity index is 2.27. The van der Waals surface area contributed by atoms with E-state index in [-0.39, 0.29) is 11.9 Å². The molecule has 0 aliphatic heterocycles. The number of nitrogens with two attached hydrogens (primary N) is 1. The molecule has 0 spiro atoms. The fraction of sp³-hybridized carbons (Fsp3) is 0.250. The zero-order chi connectivity index (χ0) is 15.2. The third-order valence-electron chi connectivity index (χ3n) is 3.16. The van der Waals surface area contributed by atoms with E-state index in [9.17, 15) is 4.39 Å². The molecule has 0 aromatic heterocycles. The summed E-state index contributed by atoms with van der Waals surface area (Å²) in [5, 5.41) is 0. The van der Waals surface area contributed by atoms with Gasteiger partial charge in [0, 0.05) is 10.0 Å². The van der Waals surface area contributed by atoms with Crippen LogP contribution in [-0.4, -0.2) is 6.61 Å². The molecule has 0 bridgehead atoms. The van der Waals surface area contributed by atoms with E-state index in [0.717, 1.165) is 16.9 Å². The lowest BCUT2D eigenvalue weighted by Gasteiger charge is -2.20. The highest BCUT2D eigenvalue weighted by Gasteiger charge is 2.16. The van der Waals surface area contributed by atoms with Crippen LogP contribution in [0.2, 0.25) is 0 Å². The molecule has 3 N–H and O–H groups in total. The molecule has 0 aliphatic carbocycles. The van der Waals surface area contributed by atoms with Gasteiger partial charge in [-0.3, -0.25) is 11.3 Å². The molecule has 0 fully saturated rings. The number of hydrazine groups is 1. The maximum Gasteiger partial charge on any atom is 0.124 e. The Morgan fingerprint density at radius 1 is 1.29 bits per heavy atom. The fourth-order valence-corrected chi connectivity index (χ4v) is 2.79. The number of ether oxygens (including phenoxy) is 1. The van der Waals surface area contributed by atoms with E-state index < -0.39 is 0 Å². The Hall–Kier alpha value is -1.43. The highest BCUT2D eigenvalue weighted by atomic mass is 79.9. The number of hydrogen-bond donors (Lipinski definition) is 2. The van der Waals surface area contributed by atoms with Crippen molar-refractivity contribution in [2.75, 3.05) is 6.61 Å². The lowest BCUT2D eigenvalue weighted by Crippen LogP contribution is -2.30. The van der Waals surface area contributed by atoms with Crippen LogP contribution in [0.1, 0.15) is 24.1 Å². The molecule has 2 rings (SSSR count). The molecule has 21 heavy (non-hydrogen) atoms. The average molecular weight is 353 g/mol. The molecule has 1 atom stereocenters. The lowest BCUT2D eigenvalue weighted by atomic mass is 9.98. The molecular weight excluding hydrogens is 335 g/mol. The van der Waals surface area contributed by atoms with Gasteiger partial charge in [0.05, 0.1) is 12.6 Å². The molecule has 0 saturated carbocycles. The Kier molecular flexibility index (Phi) is 5.73. The van der Waals surface area contributed by atoms with Crippen LogP contribution in [-0.2, 0) is 6.42 Å². The second-order valence-electron chi connectivity index (χ2n) is 4.67. The van der Waals surface area contributed by atoms with Crippen molar-refractivity contribution < 1.29 is 9.13 Å². The summed E-state index contributed by atoms with van der Waals surface area (Å²) in [4.78, 5) is 0. The Morgan fingerprint density at radius 2 is 2.05 bits per heavy atom. The molecule has 1 unspecified atom stereocenters. The number of halogens is 2. The maximum atomic E-state index is 13.5. The number of rotatable bonds is 6. The van der Waals surface area contributed by atoms with Crippen LogP contribution in [0.25, 0.3) is 0 Å². The van der Waals surface area contributed by atoms with Crippen LogP contribution in [0.5, 0.6) is 5.75 Å². The SMILES string of the molecule is CCOc1ccccc1C(Cc1cc(F)cc(Br)c1)NN. The largest absolute Gasteiger partial charge is 0.494 e. The summed E-state index contributed by atoms with van der Waals surface area (Å²) in [5.74, 6) is 6.20. The summed E-state index contributed by atoms with van der Waals surface area (Å²) in [7, 11) is 0. The van der Waals surface area contributed by atoms with Gasteiger partial charge in [-0.05, 0) is 43.2 Å². The predicted molar refractivity (Wildman–Crippen MR) is 85.5 cm³/mol. The van der Waals surface area contributed by atoms with E-state index in [1.807, 2.05) is 37.3 Å². The summed E-state index contributed by atoms with van der Waals surface area (Å²) in [6.07, 6.45) is 0.566. The molecule has 0 heterocycles. The summed E-state index contributed by atoms with van der Waals surface area (Å²) in [6, 6.07) is 12.4. The Labute approximate surface area is 132 Å². The van der Waals surface area contributed by atoms with Gasteiger partial charge in [-0.2, -0.15) is 0 Å². The first-order valence-electron chi connectivity index (χ1n) is 6.77. The van der Waals surface area contributed by atoms with E-state index in [1.165, 1.54) is 12.1 Å². The summed E-state index contributed by atoms with van der Waals surface area (Å²) < 4.78 is 19.8. The van der Waals surface area contributed by atoms with Crippen molar-refractivity contribution in [3.63, 3.8) is 0 Å². The van der Waals surface area contributed by atoms with Gasteiger partial charge in [0.25, 0.3) is 0 Å². The van der Waals surface area contributed by atoms with Crippen molar-refractivity contribution in [2.45, 2.75) is 19.4 Å². The topological polar surface area (TPSA) is 47.3 Å². The van der Waals surface area contributed by atoms with Crippen molar-refractivity contribution in [1.82, 2.24) is 5.43 Å². The average Bonchev–Trinajstić information content (AvgIpc) is 2.45. The molecule has 112 valence electrons. The van der Waals surface area contributed by atoms with Crippen LogP contribution >= 0.6 is 15.9 Å². The predicted octanol–water partition coefficient (Wildman–Crippen LogP) is 3.73. The van der Waals surface area contributed by atoms with Crippen LogP contribution < -0.4 is 16.0 Å². The van der Waals surface area contributed by atoms with Gasteiger partial charge in [0.2, 0.25) is 0 Å². The molecule has 3 nitrogen and oxygen atoms in total. The van der Waals surface area contributed by atoms with E-state index in [0.29, 0.717) is 17.5 Å². The van der Waals surface area contributed by atoms with Crippen molar-refractivity contribution in [1.29, 1.82) is 0 Å². The van der Waals surface area contributed by atoms with Crippen LogP contribution in [0.3, 0.4) is 0 Å². The summed E-state index contributed by atoms with van der Waals surface area (Å²) in [6.45, 7) is 2.52. The minimum atomic E-state index is -0.270. The monoisotopic (exact) mass is 352 g/mol. The molecule has 2 aromatic carbocycles. The summed E-state index contributed by atoms with van der Waals surface area (Å²) in [5.41, 5.74) is 4.60. The van der Waals surface area contributed by atoms with Crippen molar-refractivity contribution in [2.24, 2.45) is 5.84 Å².